The Morgan fingerprint density at radius 1 is 0.977 bits per heavy atom. The molecule has 226 valence electrons. The lowest BCUT2D eigenvalue weighted by Crippen LogP contribution is -2.29. The van der Waals surface area contributed by atoms with Gasteiger partial charge >= 0.3 is 0 Å². The molecule has 0 saturated heterocycles. The molecular weight excluding hydrogens is 597 g/mol. The van der Waals surface area contributed by atoms with E-state index in [1.807, 2.05) is 73.7 Å². The van der Waals surface area contributed by atoms with Crippen LogP contribution in [0.15, 0.2) is 86.7 Å². The molecule has 1 atom stereocenters. The van der Waals surface area contributed by atoms with Crippen molar-refractivity contribution in [3.05, 3.63) is 99.5 Å². The number of hydrazone groups is 1. The number of aromatic nitrogens is 2. The van der Waals surface area contributed by atoms with Gasteiger partial charge in [0, 0.05) is 18.6 Å². The number of hydrogen-bond acceptors (Lipinski definition) is 9. The monoisotopic (exact) mass is 628 g/mol. The average Bonchev–Trinajstić information content (AvgIpc) is 3.72. The molecular formula is C33H32N4O5S2. The molecule has 9 nitrogen and oxygen atoms in total. The van der Waals surface area contributed by atoms with Crippen molar-refractivity contribution < 1.29 is 19.0 Å². The molecule has 0 aliphatic carbocycles. The number of carbonyl (C=O) groups excluding carboxylic acids is 1. The van der Waals surface area contributed by atoms with Crippen LogP contribution in [0.3, 0.4) is 0 Å². The lowest BCUT2D eigenvalue weighted by molar-refractivity contribution is -0.130. The smallest absolute Gasteiger partial charge is 0.272 e. The van der Waals surface area contributed by atoms with Crippen LogP contribution in [0.2, 0.25) is 0 Å². The maximum Gasteiger partial charge on any atom is 0.272 e. The summed E-state index contributed by atoms with van der Waals surface area (Å²) >= 11 is 2.79. The number of rotatable bonds is 9. The summed E-state index contributed by atoms with van der Waals surface area (Å²) in [6.07, 6.45) is 1.25. The zero-order chi connectivity index (χ0) is 30.8. The molecule has 44 heavy (non-hydrogen) atoms. The summed E-state index contributed by atoms with van der Waals surface area (Å²) in [5.74, 6) is 2.60. The van der Waals surface area contributed by atoms with E-state index in [9.17, 15) is 9.59 Å². The molecule has 4 aromatic rings. The molecule has 1 aromatic heterocycles. The van der Waals surface area contributed by atoms with Crippen molar-refractivity contribution in [2.75, 3.05) is 32.8 Å². The summed E-state index contributed by atoms with van der Waals surface area (Å²) in [7, 11) is 4.80. The third-order valence-electron chi connectivity index (χ3n) is 7.67. The molecule has 0 saturated carbocycles. The summed E-state index contributed by atoms with van der Waals surface area (Å²) < 4.78 is 17.9. The van der Waals surface area contributed by atoms with Crippen LogP contribution >= 0.6 is 23.5 Å². The van der Waals surface area contributed by atoms with Crippen LogP contribution in [0.25, 0.3) is 5.69 Å². The fraction of sp³-hybridized carbons (Fsp3) is 0.273. The molecule has 2 aliphatic heterocycles. The lowest BCUT2D eigenvalue weighted by Gasteiger charge is -2.23. The van der Waals surface area contributed by atoms with Crippen LogP contribution in [0.5, 0.6) is 17.2 Å². The van der Waals surface area contributed by atoms with E-state index in [-0.39, 0.29) is 23.3 Å². The van der Waals surface area contributed by atoms with Gasteiger partial charge in [0.25, 0.3) is 11.5 Å². The molecule has 2 aliphatic rings. The minimum Gasteiger partial charge on any atom is -0.497 e. The fourth-order valence-electron chi connectivity index (χ4n) is 5.32. The number of nitrogens with zero attached hydrogens (tertiary/aromatic N) is 4. The zero-order valence-electron chi connectivity index (χ0n) is 24.9. The SMILES string of the molecule is COc1ccc(C2=NN(C(=O)CSc3nc4c(c(=O)n3-c3ccc(C)cc3)SCC4)C(c3ccc(OC)c(OC)c3)C2)cc1. The molecule has 0 spiro atoms. The maximum absolute atomic E-state index is 14.0. The highest BCUT2D eigenvalue weighted by Crippen LogP contribution is 2.38. The fourth-order valence-corrected chi connectivity index (χ4v) is 7.23. The number of benzene rings is 3. The zero-order valence-corrected chi connectivity index (χ0v) is 26.5. The highest BCUT2D eigenvalue weighted by atomic mass is 32.2. The van der Waals surface area contributed by atoms with Crippen molar-refractivity contribution in [2.24, 2.45) is 5.10 Å². The largest absolute Gasteiger partial charge is 0.497 e. The second-order valence-electron chi connectivity index (χ2n) is 10.4. The van der Waals surface area contributed by atoms with E-state index in [4.69, 9.17) is 24.3 Å². The number of aryl methyl sites for hydroxylation is 2. The van der Waals surface area contributed by atoms with Gasteiger partial charge in [-0.25, -0.2) is 9.99 Å². The lowest BCUT2D eigenvalue weighted by atomic mass is 9.98. The van der Waals surface area contributed by atoms with Crippen molar-refractivity contribution in [3.8, 4) is 22.9 Å². The second-order valence-corrected chi connectivity index (χ2v) is 12.4. The average molecular weight is 629 g/mol. The Balaban J connectivity index is 1.33. The minimum atomic E-state index is -0.358. The van der Waals surface area contributed by atoms with Gasteiger partial charge in [-0.3, -0.25) is 14.2 Å². The predicted octanol–water partition coefficient (Wildman–Crippen LogP) is 5.68. The first-order chi connectivity index (χ1) is 21.4. The number of ether oxygens (including phenoxy) is 3. The normalized spacial score (nSPS) is 15.6. The third kappa shape index (κ3) is 5.81. The van der Waals surface area contributed by atoms with Crippen molar-refractivity contribution in [2.45, 2.75) is 35.9 Å². The Kier molecular flexibility index (Phi) is 8.67. The van der Waals surface area contributed by atoms with Gasteiger partial charge in [-0.2, -0.15) is 5.10 Å². The van der Waals surface area contributed by atoms with Gasteiger partial charge in [-0.05, 0) is 66.6 Å². The van der Waals surface area contributed by atoms with Gasteiger partial charge < -0.3 is 14.2 Å². The topological polar surface area (TPSA) is 95.2 Å². The Labute approximate surface area is 264 Å². The molecule has 1 amide bonds. The molecule has 6 rings (SSSR count). The van der Waals surface area contributed by atoms with Crippen molar-refractivity contribution >= 4 is 35.1 Å². The number of thioether (sulfide) groups is 2. The van der Waals surface area contributed by atoms with E-state index in [1.54, 1.807) is 30.9 Å². The van der Waals surface area contributed by atoms with Crippen molar-refractivity contribution in [3.63, 3.8) is 0 Å². The number of carbonyl (C=O) groups is 1. The summed E-state index contributed by atoms with van der Waals surface area (Å²) in [5.41, 5.74) is 5.08. The first kappa shape index (κ1) is 29.8. The van der Waals surface area contributed by atoms with Crippen molar-refractivity contribution in [1.29, 1.82) is 0 Å². The van der Waals surface area contributed by atoms with Crippen molar-refractivity contribution in [1.82, 2.24) is 14.6 Å². The van der Waals surface area contributed by atoms with Gasteiger partial charge in [-0.15, -0.1) is 11.8 Å². The second kappa shape index (κ2) is 12.8. The standard InChI is InChI=1S/C33H32N4O5S2/c1-20-5-10-23(11-6-20)36-32(39)31-25(15-16-43-31)34-33(36)44-19-30(38)37-27(22-9-14-28(41-3)29(17-22)42-4)18-26(35-37)21-7-12-24(40-2)13-8-21/h5-14,17,27H,15-16,18-19H2,1-4H3. The highest BCUT2D eigenvalue weighted by Gasteiger charge is 2.34. The van der Waals surface area contributed by atoms with Crippen LogP contribution in [0, 0.1) is 6.92 Å². The first-order valence-corrected chi connectivity index (χ1v) is 16.1. The van der Waals surface area contributed by atoms with Gasteiger partial charge in [-0.1, -0.05) is 35.5 Å². The molecule has 0 bridgehead atoms. The maximum atomic E-state index is 14.0. The molecule has 0 radical (unpaired) electrons. The molecule has 3 aromatic carbocycles. The van der Waals surface area contributed by atoms with Gasteiger partial charge in [0.1, 0.15) is 5.75 Å². The van der Waals surface area contributed by atoms with Gasteiger partial charge in [0.2, 0.25) is 0 Å². The third-order valence-corrected chi connectivity index (χ3v) is 9.70. The van der Waals surface area contributed by atoms with Crippen LogP contribution in [0.4, 0.5) is 0 Å². The Morgan fingerprint density at radius 2 is 1.73 bits per heavy atom. The number of hydrogen-bond donors (Lipinski definition) is 0. The highest BCUT2D eigenvalue weighted by molar-refractivity contribution is 8.00. The summed E-state index contributed by atoms with van der Waals surface area (Å²) in [4.78, 5) is 33.1. The molecule has 0 N–H and O–H groups in total. The van der Waals surface area contributed by atoms with Crippen LogP contribution in [-0.2, 0) is 11.2 Å². The number of fused-ring (bicyclic) bond motifs is 1. The quantitative estimate of drug-likeness (QED) is 0.173. The van der Waals surface area contributed by atoms with Gasteiger partial charge in [0.15, 0.2) is 16.7 Å². The first-order valence-electron chi connectivity index (χ1n) is 14.1. The van der Waals surface area contributed by atoms with E-state index >= 15 is 0 Å². The van der Waals surface area contributed by atoms with E-state index in [2.05, 4.69) is 0 Å². The predicted molar refractivity (Wildman–Crippen MR) is 173 cm³/mol. The van der Waals surface area contributed by atoms with E-state index in [1.165, 1.54) is 23.5 Å². The van der Waals surface area contributed by atoms with Gasteiger partial charge in [0.05, 0.1) is 55.1 Å². The van der Waals surface area contributed by atoms with E-state index < -0.39 is 0 Å². The van der Waals surface area contributed by atoms with Crippen LogP contribution < -0.4 is 19.8 Å². The molecule has 1 unspecified atom stereocenters. The van der Waals surface area contributed by atoms with Crippen LogP contribution in [-0.4, -0.2) is 59.0 Å². The number of methoxy groups -OCH3 is 3. The Bertz CT molecular complexity index is 1790. The summed E-state index contributed by atoms with van der Waals surface area (Å²) in [6, 6.07) is 20.7. The van der Waals surface area contributed by atoms with Crippen LogP contribution in [0.1, 0.15) is 34.8 Å². The minimum absolute atomic E-state index is 0.0490. The summed E-state index contributed by atoms with van der Waals surface area (Å²) in [6.45, 7) is 2.00. The Hall–Kier alpha value is -4.22. The molecule has 0 fully saturated rings. The van der Waals surface area contributed by atoms with E-state index in [0.29, 0.717) is 28.0 Å². The Morgan fingerprint density at radius 3 is 2.43 bits per heavy atom. The molecule has 11 heteroatoms. The van der Waals surface area contributed by atoms with E-state index in [0.717, 1.165) is 51.7 Å². The number of amides is 1. The summed E-state index contributed by atoms with van der Waals surface area (Å²) in [5, 5.41) is 6.87. The molecule has 3 heterocycles.